The molecule has 1 aliphatic carbocycles. The average Bonchev–Trinajstić information content (AvgIpc) is 3.22. The van der Waals surface area contributed by atoms with Crippen LogP contribution in [0.3, 0.4) is 0 Å². The maximum absolute atomic E-state index is 12.6. The molecule has 6 heteroatoms. The van der Waals surface area contributed by atoms with E-state index in [1.54, 1.807) is 12.4 Å². The Morgan fingerprint density at radius 2 is 1.63 bits per heavy atom. The first-order valence-corrected chi connectivity index (χ1v) is 5.88. The van der Waals surface area contributed by atoms with Crippen LogP contribution in [0.1, 0.15) is 30.1 Å². The summed E-state index contributed by atoms with van der Waals surface area (Å²) in [4.78, 5) is 12.0. The zero-order chi connectivity index (χ0) is 13.5. The topological polar surface area (TPSA) is 38.7 Å². The van der Waals surface area contributed by atoms with Crippen molar-refractivity contribution in [3.05, 3.63) is 42.2 Å². The lowest BCUT2D eigenvalue weighted by Crippen LogP contribution is -2.05. The first-order valence-electron chi connectivity index (χ1n) is 5.88. The van der Waals surface area contributed by atoms with Gasteiger partial charge in [0.1, 0.15) is 5.82 Å². The van der Waals surface area contributed by atoms with Crippen LogP contribution in [0, 0.1) is 0 Å². The highest BCUT2D eigenvalue weighted by molar-refractivity contribution is 5.61. The number of rotatable bonds is 2. The molecule has 1 fully saturated rings. The molecule has 98 valence electrons. The summed E-state index contributed by atoms with van der Waals surface area (Å²) in [5.74, 6) is 1.19. The molecule has 2 aromatic heterocycles. The van der Waals surface area contributed by atoms with Gasteiger partial charge >= 0.3 is 6.18 Å². The molecule has 0 aliphatic heterocycles. The second kappa shape index (κ2) is 4.29. The van der Waals surface area contributed by atoms with Crippen molar-refractivity contribution in [3.8, 4) is 11.1 Å². The van der Waals surface area contributed by atoms with Gasteiger partial charge in [-0.15, -0.1) is 0 Å². The van der Waals surface area contributed by atoms with E-state index < -0.39 is 11.7 Å². The number of aromatic nitrogens is 3. The molecule has 3 rings (SSSR count). The Morgan fingerprint density at radius 1 is 0.947 bits per heavy atom. The Labute approximate surface area is 107 Å². The average molecular weight is 265 g/mol. The molecule has 2 heterocycles. The third-order valence-corrected chi connectivity index (χ3v) is 3.01. The van der Waals surface area contributed by atoms with E-state index in [9.17, 15) is 13.2 Å². The van der Waals surface area contributed by atoms with Crippen LogP contribution < -0.4 is 0 Å². The van der Waals surface area contributed by atoms with Gasteiger partial charge in [-0.2, -0.15) is 13.2 Å². The number of hydrogen-bond donors (Lipinski definition) is 0. The number of pyridine rings is 1. The van der Waals surface area contributed by atoms with E-state index in [1.807, 2.05) is 0 Å². The fraction of sp³-hybridized carbons (Fsp3) is 0.308. The summed E-state index contributed by atoms with van der Waals surface area (Å²) in [5.41, 5.74) is 0.149. The van der Waals surface area contributed by atoms with Crippen molar-refractivity contribution in [2.45, 2.75) is 24.9 Å². The van der Waals surface area contributed by atoms with E-state index in [0.717, 1.165) is 30.9 Å². The summed E-state index contributed by atoms with van der Waals surface area (Å²) in [7, 11) is 0. The van der Waals surface area contributed by atoms with Gasteiger partial charge in [0, 0.05) is 41.8 Å². The largest absolute Gasteiger partial charge is 0.417 e. The molecule has 0 atom stereocenters. The zero-order valence-corrected chi connectivity index (χ0v) is 9.85. The number of nitrogens with zero attached hydrogens (tertiary/aromatic N) is 3. The third-order valence-electron chi connectivity index (χ3n) is 3.01. The molecular weight excluding hydrogens is 255 g/mol. The third kappa shape index (κ3) is 2.57. The van der Waals surface area contributed by atoms with Gasteiger partial charge in [0.05, 0.1) is 5.56 Å². The van der Waals surface area contributed by atoms with E-state index >= 15 is 0 Å². The summed E-state index contributed by atoms with van der Waals surface area (Å²) in [6.45, 7) is 0. The highest BCUT2D eigenvalue weighted by Crippen LogP contribution is 2.38. The molecule has 0 bridgehead atoms. The second-order valence-corrected chi connectivity index (χ2v) is 4.56. The van der Waals surface area contributed by atoms with Crippen LogP contribution in [-0.4, -0.2) is 15.0 Å². The molecule has 1 aliphatic rings. The van der Waals surface area contributed by atoms with Gasteiger partial charge in [-0.3, -0.25) is 4.98 Å². The summed E-state index contributed by atoms with van der Waals surface area (Å²) in [5, 5.41) is 0. The monoisotopic (exact) mass is 265 g/mol. The smallest absolute Gasteiger partial charge is 0.263 e. The number of halogens is 3. The fourth-order valence-electron chi connectivity index (χ4n) is 1.79. The van der Waals surface area contributed by atoms with Crippen LogP contribution in [0.15, 0.2) is 30.9 Å². The lowest BCUT2D eigenvalue weighted by molar-refractivity contribution is -0.137. The van der Waals surface area contributed by atoms with Gasteiger partial charge in [-0.1, -0.05) is 0 Å². The van der Waals surface area contributed by atoms with Crippen molar-refractivity contribution >= 4 is 0 Å². The van der Waals surface area contributed by atoms with E-state index in [-0.39, 0.29) is 0 Å². The molecule has 1 saturated carbocycles. The normalized spacial score (nSPS) is 15.5. The molecule has 0 amide bonds. The van der Waals surface area contributed by atoms with Gasteiger partial charge in [-0.25, -0.2) is 9.97 Å². The first-order chi connectivity index (χ1) is 9.04. The van der Waals surface area contributed by atoms with Crippen molar-refractivity contribution in [2.75, 3.05) is 0 Å². The number of alkyl halides is 3. The maximum atomic E-state index is 12.6. The van der Waals surface area contributed by atoms with Crippen molar-refractivity contribution < 1.29 is 13.2 Å². The Morgan fingerprint density at radius 3 is 2.21 bits per heavy atom. The van der Waals surface area contributed by atoms with Crippen LogP contribution in [-0.2, 0) is 6.18 Å². The Bertz CT molecular complexity index is 589. The van der Waals surface area contributed by atoms with Gasteiger partial charge in [0.15, 0.2) is 0 Å². The molecule has 19 heavy (non-hydrogen) atoms. The zero-order valence-electron chi connectivity index (χ0n) is 9.85. The van der Waals surface area contributed by atoms with E-state index in [1.165, 1.54) is 6.20 Å². The predicted molar refractivity (Wildman–Crippen MR) is 62.2 cm³/mol. The van der Waals surface area contributed by atoms with Crippen molar-refractivity contribution in [2.24, 2.45) is 0 Å². The molecule has 0 radical (unpaired) electrons. The highest BCUT2D eigenvalue weighted by atomic mass is 19.4. The van der Waals surface area contributed by atoms with Crippen LogP contribution >= 0.6 is 0 Å². The van der Waals surface area contributed by atoms with Gasteiger partial charge in [0.25, 0.3) is 0 Å². The molecule has 0 spiro atoms. The lowest BCUT2D eigenvalue weighted by Gasteiger charge is -2.08. The van der Waals surface area contributed by atoms with Crippen LogP contribution in [0.5, 0.6) is 0 Å². The Kier molecular flexibility index (Phi) is 2.73. The van der Waals surface area contributed by atoms with E-state index in [0.29, 0.717) is 17.0 Å². The van der Waals surface area contributed by atoms with Crippen LogP contribution in [0.2, 0.25) is 0 Å². The molecule has 0 aromatic carbocycles. The molecule has 2 aromatic rings. The second-order valence-electron chi connectivity index (χ2n) is 4.56. The lowest BCUT2D eigenvalue weighted by atomic mass is 10.1. The Balaban J connectivity index is 1.92. The predicted octanol–water partition coefficient (Wildman–Crippen LogP) is 3.43. The summed E-state index contributed by atoms with van der Waals surface area (Å²) >= 11 is 0. The SMILES string of the molecule is FC(F)(F)c1cncc(-c2cnc(C3CC3)nc2)c1. The quantitative estimate of drug-likeness (QED) is 0.835. The summed E-state index contributed by atoms with van der Waals surface area (Å²) in [6, 6.07) is 1.06. The molecule has 0 unspecified atom stereocenters. The van der Waals surface area contributed by atoms with Crippen molar-refractivity contribution in [1.29, 1.82) is 0 Å². The van der Waals surface area contributed by atoms with Gasteiger partial charge in [0.2, 0.25) is 0 Å². The molecule has 0 N–H and O–H groups in total. The van der Waals surface area contributed by atoms with Gasteiger partial charge < -0.3 is 0 Å². The molecule has 0 saturated heterocycles. The molecular formula is C13H10F3N3. The van der Waals surface area contributed by atoms with Gasteiger partial charge in [-0.05, 0) is 18.9 Å². The maximum Gasteiger partial charge on any atom is 0.417 e. The minimum Gasteiger partial charge on any atom is -0.263 e. The van der Waals surface area contributed by atoms with Crippen molar-refractivity contribution in [1.82, 2.24) is 15.0 Å². The van der Waals surface area contributed by atoms with Crippen molar-refractivity contribution in [3.63, 3.8) is 0 Å². The summed E-state index contributed by atoms with van der Waals surface area (Å²) in [6.07, 6.45) is 3.08. The van der Waals surface area contributed by atoms with Crippen LogP contribution in [0.25, 0.3) is 11.1 Å². The first kappa shape index (κ1) is 12.1. The highest BCUT2D eigenvalue weighted by Gasteiger charge is 2.31. The minimum atomic E-state index is -4.39. The standard InChI is InChI=1S/C13H10F3N3/c14-13(15,16)11-3-9(4-17-7-11)10-5-18-12(19-6-10)8-1-2-8/h3-8H,1-2H2. The minimum absolute atomic E-state index is 0.372. The number of hydrogen-bond acceptors (Lipinski definition) is 3. The van der Waals surface area contributed by atoms with Crippen LogP contribution in [0.4, 0.5) is 13.2 Å². The van der Waals surface area contributed by atoms with E-state index in [2.05, 4.69) is 15.0 Å². The fourth-order valence-corrected chi connectivity index (χ4v) is 1.79. The summed E-state index contributed by atoms with van der Waals surface area (Å²) < 4.78 is 37.8. The van der Waals surface area contributed by atoms with E-state index in [4.69, 9.17) is 0 Å². The molecule has 3 nitrogen and oxygen atoms in total. The Hall–Kier alpha value is -1.98.